The number of rotatable bonds is 5. The van der Waals surface area contributed by atoms with Crippen molar-refractivity contribution in [2.45, 2.75) is 33.1 Å². The maximum atomic E-state index is 9.41. The van der Waals surface area contributed by atoms with Crippen molar-refractivity contribution < 1.29 is 9.84 Å². The predicted octanol–water partition coefficient (Wildman–Crippen LogP) is 2.54. The van der Waals surface area contributed by atoms with Crippen molar-refractivity contribution in [1.82, 2.24) is 9.55 Å². The Morgan fingerprint density at radius 1 is 1.33 bits per heavy atom. The number of hydrogen-bond acceptors (Lipinski definition) is 3. The van der Waals surface area contributed by atoms with Crippen LogP contribution in [-0.2, 0) is 13.2 Å². The van der Waals surface area contributed by atoms with E-state index in [0.29, 0.717) is 6.61 Å². The first kappa shape index (κ1) is 12.6. The average Bonchev–Trinajstić information content (AvgIpc) is 2.84. The molecule has 0 aliphatic rings. The summed E-state index contributed by atoms with van der Waals surface area (Å²) in [5.74, 6) is 1.70. The second kappa shape index (κ2) is 5.69. The molecular formula is C14H18N2O2. The van der Waals surface area contributed by atoms with Gasteiger partial charge in [0.15, 0.2) is 0 Å². The Balaban J connectivity index is 1.98. The summed E-state index contributed by atoms with van der Waals surface area (Å²) in [6.45, 7) is 5.16. The summed E-state index contributed by atoms with van der Waals surface area (Å²) in [7, 11) is 0. The fourth-order valence-electron chi connectivity index (χ4n) is 1.76. The Hall–Kier alpha value is -1.81. The lowest BCUT2D eigenvalue weighted by molar-refractivity contribution is 0.199. The molecule has 2 rings (SSSR count). The van der Waals surface area contributed by atoms with Gasteiger partial charge in [-0.2, -0.15) is 0 Å². The molecular weight excluding hydrogens is 228 g/mol. The summed E-state index contributed by atoms with van der Waals surface area (Å²) in [6, 6.07) is 7.46. The molecule has 96 valence electrons. The highest BCUT2D eigenvalue weighted by Gasteiger charge is 2.03. The molecule has 1 heterocycles. The van der Waals surface area contributed by atoms with Gasteiger partial charge in [-0.05, 0) is 31.5 Å². The van der Waals surface area contributed by atoms with Crippen LogP contribution in [0.1, 0.15) is 31.3 Å². The van der Waals surface area contributed by atoms with Gasteiger partial charge in [0.2, 0.25) is 0 Å². The molecule has 0 aliphatic carbocycles. The quantitative estimate of drug-likeness (QED) is 0.882. The van der Waals surface area contributed by atoms with E-state index in [9.17, 15) is 5.11 Å². The Morgan fingerprint density at radius 2 is 2.06 bits per heavy atom. The molecule has 0 spiro atoms. The van der Waals surface area contributed by atoms with Gasteiger partial charge in [-0.3, -0.25) is 0 Å². The van der Waals surface area contributed by atoms with Gasteiger partial charge in [0.25, 0.3) is 0 Å². The van der Waals surface area contributed by atoms with Gasteiger partial charge in [0, 0.05) is 18.9 Å². The first-order valence-corrected chi connectivity index (χ1v) is 6.11. The van der Waals surface area contributed by atoms with Crippen molar-refractivity contribution in [2.24, 2.45) is 0 Å². The van der Waals surface area contributed by atoms with E-state index in [1.165, 1.54) is 0 Å². The zero-order chi connectivity index (χ0) is 13.0. The fourth-order valence-corrected chi connectivity index (χ4v) is 1.76. The van der Waals surface area contributed by atoms with Crippen molar-refractivity contribution in [2.75, 3.05) is 0 Å². The number of imidazole rings is 1. The Labute approximate surface area is 107 Å². The van der Waals surface area contributed by atoms with E-state index in [-0.39, 0.29) is 0 Å². The molecule has 1 aromatic heterocycles. The minimum absolute atomic E-state index is 0.446. The van der Waals surface area contributed by atoms with E-state index < -0.39 is 6.10 Å². The molecule has 0 amide bonds. The van der Waals surface area contributed by atoms with Crippen LogP contribution in [0.4, 0.5) is 0 Å². The van der Waals surface area contributed by atoms with Crippen molar-refractivity contribution in [3.8, 4) is 5.75 Å². The minimum Gasteiger partial charge on any atom is -0.486 e. The van der Waals surface area contributed by atoms with Gasteiger partial charge in [0.1, 0.15) is 18.2 Å². The minimum atomic E-state index is -0.446. The number of ether oxygens (including phenoxy) is 1. The van der Waals surface area contributed by atoms with Crippen LogP contribution in [0.2, 0.25) is 0 Å². The third-order valence-corrected chi connectivity index (χ3v) is 2.87. The SMILES string of the molecule is CCn1ccnc1COc1ccc([C@@H](C)O)cc1. The first-order valence-electron chi connectivity index (χ1n) is 6.11. The largest absolute Gasteiger partial charge is 0.486 e. The summed E-state index contributed by atoms with van der Waals surface area (Å²) in [5.41, 5.74) is 0.886. The van der Waals surface area contributed by atoms with Crippen LogP contribution in [0, 0.1) is 0 Å². The van der Waals surface area contributed by atoms with Gasteiger partial charge in [0.05, 0.1) is 6.10 Å². The summed E-state index contributed by atoms with van der Waals surface area (Å²) >= 11 is 0. The van der Waals surface area contributed by atoms with Crippen LogP contribution < -0.4 is 4.74 Å². The monoisotopic (exact) mass is 246 g/mol. The number of benzene rings is 1. The van der Waals surface area contributed by atoms with Crippen LogP contribution in [0.5, 0.6) is 5.75 Å². The highest BCUT2D eigenvalue weighted by Crippen LogP contribution is 2.18. The smallest absolute Gasteiger partial charge is 0.146 e. The van der Waals surface area contributed by atoms with E-state index in [4.69, 9.17) is 4.74 Å². The molecule has 4 heteroatoms. The second-order valence-corrected chi connectivity index (χ2v) is 4.16. The van der Waals surface area contributed by atoms with Gasteiger partial charge in [-0.1, -0.05) is 12.1 Å². The van der Waals surface area contributed by atoms with Gasteiger partial charge in [-0.25, -0.2) is 4.98 Å². The summed E-state index contributed by atoms with van der Waals surface area (Å²) in [4.78, 5) is 4.25. The molecule has 1 N–H and O–H groups in total. The molecule has 0 aliphatic heterocycles. The number of nitrogens with zero attached hydrogens (tertiary/aromatic N) is 2. The third-order valence-electron chi connectivity index (χ3n) is 2.87. The molecule has 0 fully saturated rings. The molecule has 1 aromatic carbocycles. The Bertz CT molecular complexity index is 489. The van der Waals surface area contributed by atoms with Gasteiger partial charge < -0.3 is 14.4 Å². The third kappa shape index (κ3) is 2.90. The van der Waals surface area contributed by atoms with Crippen LogP contribution >= 0.6 is 0 Å². The number of hydrogen-bond donors (Lipinski definition) is 1. The standard InChI is InChI=1S/C14H18N2O2/c1-3-16-9-8-15-14(16)10-18-13-6-4-12(5-7-13)11(2)17/h4-9,11,17H,3,10H2,1-2H3/t11-/m1/s1. The number of aromatic nitrogens is 2. The number of aryl methyl sites for hydroxylation is 1. The normalized spacial score (nSPS) is 12.4. The van der Waals surface area contributed by atoms with Crippen molar-refractivity contribution in [3.63, 3.8) is 0 Å². The molecule has 0 radical (unpaired) electrons. The van der Waals surface area contributed by atoms with Crippen LogP contribution in [-0.4, -0.2) is 14.7 Å². The Morgan fingerprint density at radius 3 is 2.67 bits per heavy atom. The topological polar surface area (TPSA) is 47.3 Å². The molecule has 2 aromatic rings. The zero-order valence-electron chi connectivity index (χ0n) is 10.7. The molecule has 1 atom stereocenters. The van der Waals surface area contributed by atoms with Crippen molar-refractivity contribution in [1.29, 1.82) is 0 Å². The lowest BCUT2D eigenvalue weighted by atomic mass is 10.1. The van der Waals surface area contributed by atoms with Gasteiger partial charge >= 0.3 is 0 Å². The molecule has 18 heavy (non-hydrogen) atoms. The highest BCUT2D eigenvalue weighted by atomic mass is 16.5. The van der Waals surface area contributed by atoms with Crippen molar-refractivity contribution in [3.05, 3.63) is 48.0 Å². The zero-order valence-corrected chi connectivity index (χ0v) is 10.7. The lowest BCUT2D eigenvalue weighted by Gasteiger charge is -2.09. The molecule has 0 saturated heterocycles. The summed E-state index contributed by atoms with van der Waals surface area (Å²) < 4.78 is 7.71. The Kier molecular flexibility index (Phi) is 3.99. The van der Waals surface area contributed by atoms with E-state index in [0.717, 1.165) is 23.7 Å². The second-order valence-electron chi connectivity index (χ2n) is 4.16. The van der Waals surface area contributed by atoms with E-state index in [1.807, 2.05) is 35.0 Å². The average molecular weight is 246 g/mol. The number of aliphatic hydroxyl groups excluding tert-OH is 1. The van der Waals surface area contributed by atoms with Crippen molar-refractivity contribution >= 4 is 0 Å². The fraction of sp³-hybridized carbons (Fsp3) is 0.357. The van der Waals surface area contributed by atoms with E-state index in [2.05, 4.69) is 11.9 Å². The molecule has 4 nitrogen and oxygen atoms in total. The van der Waals surface area contributed by atoms with Crippen LogP contribution in [0.15, 0.2) is 36.7 Å². The van der Waals surface area contributed by atoms with Crippen LogP contribution in [0.3, 0.4) is 0 Å². The summed E-state index contributed by atoms with van der Waals surface area (Å²) in [6.07, 6.45) is 3.27. The predicted molar refractivity (Wildman–Crippen MR) is 69.3 cm³/mol. The lowest BCUT2D eigenvalue weighted by Crippen LogP contribution is -2.05. The van der Waals surface area contributed by atoms with Crippen LogP contribution in [0.25, 0.3) is 0 Å². The number of aliphatic hydroxyl groups is 1. The maximum Gasteiger partial charge on any atom is 0.146 e. The molecule has 0 saturated carbocycles. The maximum absolute atomic E-state index is 9.41. The molecule has 0 bridgehead atoms. The van der Waals surface area contributed by atoms with E-state index in [1.54, 1.807) is 13.1 Å². The summed E-state index contributed by atoms with van der Waals surface area (Å²) in [5, 5.41) is 9.41. The van der Waals surface area contributed by atoms with E-state index >= 15 is 0 Å². The van der Waals surface area contributed by atoms with Gasteiger partial charge in [-0.15, -0.1) is 0 Å². The molecule has 0 unspecified atom stereocenters. The first-order chi connectivity index (χ1) is 8.70. The highest BCUT2D eigenvalue weighted by molar-refractivity contribution is 5.28.